The number of hydrogen-bond donors (Lipinski definition) is 1. The Balaban J connectivity index is 2.09. The highest BCUT2D eigenvalue weighted by atomic mass is 32.1. The molecule has 1 amide bonds. The van der Waals surface area contributed by atoms with Gasteiger partial charge in [0.25, 0.3) is 0 Å². The average molecular weight is 252 g/mol. The molecule has 92 valence electrons. The molecular formula is C12H16N2O2S. The lowest BCUT2D eigenvalue weighted by Crippen LogP contribution is -2.42. The largest absolute Gasteiger partial charge is 0.467 e. The third-order valence-electron chi connectivity index (χ3n) is 3.23. The summed E-state index contributed by atoms with van der Waals surface area (Å²) in [6, 6.07) is 3.67. The fourth-order valence-corrected chi connectivity index (χ4v) is 2.20. The molecule has 0 unspecified atom stereocenters. The summed E-state index contributed by atoms with van der Waals surface area (Å²) in [5, 5.41) is 0. The standard InChI is InChI=1S/C12H16N2O2S/c1-2-14(8-9-4-3-7-16-9)11(15)12(5-6-12)10(13)17/h3-4,7H,2,5-6,8H2,1H3,(H2,13,17). The third kappa shape index (κ3) is 2.20. The number of amides is 1. The molecule has 1 aromatic heterocycles. The van der Waals surface area contributed by atoms with Crippen molar-refractivity contribution in [3.63, 3.8) is 0 Å². The van der Waals surface area contributed by atoms with Gasteiger partial charge < -0.3 is 15.1 Å². The minimum atomic E-state index is -0.571. The van der Waals surface area contributed by atoms with Gasteiger partial charge in [0.1, 0.15) is 5.76 Å². The molecule has 4 nitrogen and oxygen atoms in total. The third-order valence-corrected chi connectivity index (χ3v) is 3.62. The monoisotopic (exact) mass is 252 g/mol. The van der Waals surface area contributed by atoms with Crippen LogP contribution in [0, 0.1) is 5.41 Å². The molecule has 1 aromatic rings. The van der Waals surface area contributed by atoms with E-state index < -0.39 is 5.41 Å². The van der Waals surface area contributed by atoms with E-state index in [0.717, 1.165) is 18.6 Å². The van der Waals surface area contributed by atoms with Crippen LogP contribution >= 0.6 is 12.2 Å². The topological polar surface area (TPSA) is 59.5 Å². The summed E-state index contributed by atoms with van der Waals surface area (Å²) in [6.45, 7) is 3.05. The minimum absolute atomic E-state index is 0.0314. The first-order valence-corrected chi connectivity index (χ1v) is 6.12. The predicted molar refractivity (Wildman–Crippen MR) is 68.3 cm³/mol. The molecule has 1 saturated carbocycles. The summed E-state index contributed by atoms with van der Waals surface area (Å²) in [5.41, 5.74) is 5.09. The highest BCUT2D eigenvalue weighted by Crippen LogP contribution is 2.47. The van der Waals surface area contributed by atoms with Gasteiger partial charge >= 0.3 is 0 Å². The summed E-state index contributed by atoms with van der Waals surface area (Å²) in [5.74, 6) is 0.808. The van der Waals surface area contributed by atoms with E-state index in [1.807, 2.05) is 19.1 Å². The maximum Gasteiger partial charge on any atom is 0.236 e. The Bertz CT molecular complexity index is 424. The lowest BCUT2D eigenvalue weighted by molar-refractivity contribution is -0.135. The molecule has 0 bridgehead atoms. The number of nitrogens with zero attached hydrogens (tertiary/aromatic N) is 1. The molecule has 1 aliphatic carbocycles. The van der Waals surface area contributed by atoms with Gasteiger partial charge in [0.05, 0.1) is 23.2 Å². The molecule has 0 aromatic carbocycles. The van der Waals surface area contributed by atoms with Crippen molar-refractivity contribution in [1.82, 2.24) is 4.90 Å². The van der Waals surface area contributed by atoms with Crippen molar-refractivity contribution in [1.29, 1.82) is 0 Å². The molecule has 1 heterocycles. The molecule has 1 aliphatic rings. The zero-order chi connectivity index (χ0) is 12.5. The van der Waals surface area contributed by atoms with Crippen LogP contribution in [0.1, 0.15) is 25.5 Å². The van der Waals surface area contributed by atoms with Gasteiger partial charge in [-0.3, -0.25) is 4.79 Å². The van der Waals surface area contributed by atoms with Crippen molar-refractivity contribution < 1.29 is 9.21 Å². The highest BCUT2D eigenvalue weighted by Gasteiger charge is 2.54. The lowest BCUT2D eigenvalue weighted by atomic mass is 10.1. The molecule has 0 saturated heterocycles. The van der Waals surface area contributed by atoms with E-state index in [4.69, 9.17) is 22.4 Å². The Hall–Kier alpha value is -1.36. The van der Waals surface area contributed by atoms with Crippen LogP contribution in [-0.4, -0.2) is 22.3 Å². The van der Waals surface area contributed by atoms with E-state index in [-0.39, 0.29) is 5.91 Å². The second-order valence-corrected chi connectivity index (χ2v) is 4.78. The summed E-state index contributed by atoms with van der Waals surface area (Å²) < 4.78 is 5.25. The maximum absolute atomic E-state index is 12.3. The van der Waals surface area contributed by atoms with E-state index in [0.29, 0.717) is 18.1 Å². The van der Waals surface area contributed by atoms with E-state index in [1.54, 1.807) is 11.2 Å². The van der Waals surface area contributed by atoms with Crippen LogP contribution in [0.2, 0.25) is 0 Å². The second-order valence-electron chi connectivity index (χ2n) is 4.35. The number of carbonyl (C=O) groups excluding carboxylic acids is 1. The molecule has 0 aliphatic heterocycles. The zero-order valence-corrected chi connectivity index (χ0v) is 10.6. The van der Waals surface area contributed by atoms with Gasteiger partial charge in [-0.15, -0.1) is 0 Å². The van der Waals surface area contributed by atoms with Crippen molar-refractivity contribution in [2.45, 2.75) is 26.3 Å². The SMILES string of the molecule is CCN(Cc1ccco1)C(=O)C1(C(N)=S)CC1. The maximum atomic E-state index is 12.3. The Labute approximate surface area is 106 Å². The first-order chi connectivity index (χ1) is 8.10. The van der Waals surface area contributed by atoms with Crippen molar-refractivity contribution in [2.24, 2.45) is 11.1 Å². The Morgan fingerprint density at radius 1 is 1.65 bits per heavy atom. The summed E-state index contributed by atoms with van der Waals surface area (Å²) in [7, 11) is 0. The fraction of sp³-hybridized carbons (Fsp3) is 0.500. The van der Waals surface area contributed by atoms with Crippen molar-refractivity contribution >= 4 is 23.1 Å². The predicted octanol–water partition coefficient (Wildman–Crippen LogP) is 1.69. The van der Waals surface area contributed by atoms with E-state index in [9.17, 15) is 4.79 Å². The van der Waals surface area contributed by atoms with Crippen molar-refractivity contribution in [2.75, 3.05) is 6.54 Å². The first kappa shape index (κ1) is 12.1. The number of nitrogens with two attached hydrogens (primary N) is 1. The van der Waals surface area contributed by atoms with Gasteiger partial charge in [0.15, 0.2) is 0 Å². The minimum Gasteiger partial charge on any atom is -0.467 e. The van der Waals surface area contributed by atoms with Crippen LogP contribution in [0.3, 0.4) is 0 Å². The van der Waals surface area contributed by atoms with E-state index >= 15 is 0 Å². The van der Waals surface area contributed by atoms with Gasteiger partial charge in [0, 0.05) is 6.54 Å². The van der Waals surface area contributed by atoms with Gasteiger partial charge in [-0.2, -0.15) is 0 Å². The molecule has 5 heteroatoms. The number of carbonyl (C=O) groups is 1. The van der Waals surface area contributed by atoms with Gasteiger partial charge in [0.2, 0.25) is 5.91 Å². The van der Waals surface area contributed by atoms with Crippen LogP contribution in [0.15, 0.2) is 22.8 Å². The molecule has 0 radical (unpaired) electrons. The number of thiocarbonyl (C=S) groups is 1. The Kier molecular flexibility index (Phi) is 3.19. The fourth-order valence-electron chi connectivity index (χ4n) is 1.91. The van der Waals surface area contributed by atoms with Crippen LogP contribution in [0.4, 0.5) is 0 Å². The Morgan fingerprint density at radius 3 is 2.76 bits per heavy atom. The lowest BCUT2D eigenvalue weighted by Gasteiger charge is -2.24. The number of rotatable bonds is 5. The van der Waals surface area contributed by atoms with Crippen LogP contribution in [0.5, 0.6) is 0 Å². The van der Waals surface area contributed by atoms with Gasteiger partial charge in [-0.05, 0) is 31.9 Å². The van der Waals surface area contributed by atoms with Crippen molar-refractivity contribution in [3.8, 4) is 0 Å². The first-order valence-electron chi connectivity index (χ1n) is 5.72. The molecule has 1 fully saturated rings. The van der Waals surface area contributed by atoms with Gasteiger partial charge in [-0.25, -0.2) is 0 Å². The number of furan rings is 1. The molecule has 0 atom stereocenters. The normalized spacial score (nSPS) is 16.5. The Morgan fingerprint density at radius 2 is 2.35 bits per heavy atom. The van der Waals surface area contributed by atoms with E-state index in [1.165, 1.54) is 0 Å². The highest BCUT2D eigenvalue weighted by molar-refractivity contribution is 7.80. The summed E-state index contributed by atoms with van der Waals surface area (Å²) >= 11 is 4.99. The quantitative estimate of drug-likeness (QED) is 0.810. The van der Waals surface area contributed by atoms with E-state index in [2.05, 4.69) is 0 Å². The smallest absolute Gasteiger partial charge is 0.236 e. The molecule has 2 rings (SSSR count). The molecule has 17 heavy (non-hydrogen) atoms. The second kappa shape index (κ2) is 4.49. The zero-order valence-electron chi connectivity index (χ0n) is 9.81. The molecule has 0 spiro atoms. The van der Waals surface area contributed by atoms with Gasteiger partial charge in [-0.1, -0.05) is 12.2 Å². The average Bonchev–Trinajstić information content (AvgIpc) is 2.98. The summed E-state index contributed by atoms with van der Waals surface area (Å²) in [4.78, 5) is 14.4. The molecule has 2 N–H and O–H groups in total. The molecular weight excluding hydrogens is 236 g/mol. The van der Waals surface area contributed by atoms with Crippen LogP contribution in [0.25, 0.3) is 0 Å². The summed E-state index contributed by atoms with van der Waals surface area (Å²) in [6.07, 6.45) is 3.15. The van der Waals surface area contributed by atoms with Crippen LogP contribution < -0.4 is 5.73 Å². The number of hydrogen-bond acceptors (Lipinski definition) is 3. The van der Waals surface area contributed by atoms with Crippen molar-refractivity contribution in [3.05, 3.63) is 24.2 Å². The van der Waals surface area contributed by atoms with Crippen LogP contribution in [-0.2, 0) is 11.3 Å².